The Labute approximate surface area is 151 Å². The first-order valence-corrected chi connectivity index (χ1v) is 9.62. The maximum atomic E-state index is 5.55. The van der Waals surface area contributed by atoms with Crippen molar-refractivity contribution < 1.29 is 4.74 Å². The number of morpholine rings is 1. The molecule has 1 heterocycles. The third-order valence-electron chi connectivity index (χ3n) is 5.30. The van der Waals surface area contributed by atoms with Crippen LogP contribution in [0.25, 0.3) is 0 Å². The number of hydrogen-bond donors (Lipinski definition) is 2. The molecule has 1 saturated heterocycles. The summed E-state index contributed by atoms with van der Waals surface area (Å²) in [6.07, 6.45) is 5.17. The fourth-order valence-electron chi connectivity index (χ4n) is 3.88. The number of aryl methyl sites for hydroxylation is 1. The van der Waals surface area contributed by atoms with E-state index in [9.17, 15) is 0 Å². The van der Waals surface area contributed by atoms with Crippen LogP contribution in [-0.4, -0.2) is 56.8 Å². The van der Waals surface area contributed by atoms with Crippen LogP contribution in [0.3, 0.4) is 0 Å². The van der Waals surface area contributed by atoms with Crippen molar-refractivity contribution in [3.63, 3.8) is 0 Å². The first kappa shape index (κ1) is 18.2. The first-order chi connectivity index (χ1) is 12.3. The zero-order valence-electron chi connectivity index (χ0n) is 15.6. The molecule has 0 radical (unpaired) electrons. The van der Waals surface area contributed by atoms with Crippen LogP contribution in [0.15, 0.2) is 29.3 Å². The molecule has 0 aromatic heterocycles. The van der Waals surface area contributed by atoms with E-state index in [2.05, 4.69) is 51.7 Å². The van der Waals surface area contributed by atoms with Crippen molar-refractivity contribution in [2.24, 2.45) is 4.99 Å². The minimum Gasteiger partial charge on any atom is -0.379 e. The Bertz CT molecular complexity index is 563. The number of guanidine groups is 1. The molecule has 25 heavy (non-hydrogen) atoms. The minimum absolute atomic E-state index is 0.339. The minimum atomic E-state index is 0.339. The molecular weight excluding hydrogens is 312 g/mol. The van der Waals surface area contributed by atoms with Crippen LogP contribution in [-0.2, 0) is 4.74 Å². The van der Waals surface area contributed by atoms with E-state index < -0.39 is 0 Å². The summed E-state index contributed by atoms with van der Waals surface area (Å²) in [7, 11) is 1.86. The molecular formula is C20H32N4O. The predicted octanol–water partition coefficient (Wildman–Crippen LogP) is 2.48. The normalized spacial score (nSPS) is 21.3. The molecule has 0 bridgehead atoms. The molecule has 1 unspecified atom stereocenters. The largest absolute Gasteiger partial charge is 0.379 e. The Morgan fingerprint density at radius 3 is 2.72 bits per heavy atom. The number of nitrogens with zero attached hydrogens (tertiary/aromatic N) is 2. The van der Waals surface area contributed by atoms with E-state index >= 15 is 0 Å². The predicted molar refractivity (Wildman–Crippen MR) is 103 cm³/mol. The van der Waals surface area contributed by atoms with Gasteiger partial charge in [0.1, 0.15) is 0 Å². The second kappa shape index (κ2) is 9.20. The Kier molecular flexibility index (Phi) is 6.70. The van der Waals surface area contributed by atoms with Crippen molar-refractivity contribution in [3.05, 3.63) is 35.4 Å². The van der Waals surface area contributed by atoms with E-state index in [-0.39, 0.29) is 0 Å². The lowest BCUT2D eigenvalue weighted by atomic mass is 10.0. The van der Waals surface area contributed by atoms with Gasteiger partial charge in [-0.05, 0) is 25.3 Å². The maximum Gasteiger partial charge on any atom is 0.191 e. The number of benzene rings is 1. The molecule has 2 fully saturated rings. The Balaban J connectivity index is 1.66. The molecule has 0 amide bonds. The highest BCUT2D eigenvalue weighted by Crippen LogP contribution is 2.22. The highest BCUT2D eigenvalue weighted by molar-refractivity contribution is 5.80. The standard InChI is InChI=1S/C20H32N4O/c1-16-6-5-7-17(14-16)19(24-10-12-25-13-11-24)15-22-20(21-2)23-18-8-3-4-9-18/h5-7,14,18-19H,3-4,8-13,15H2,1-2H3,(H2,21,22,23). The summed E-state index contributed by atoms with van der Waals surface area (Å²) < 4.78 is 5.55. The van der Waals surface area contributed by atoms with Gasteiger partial charge in [-0.2, -0.15) is 0 Å². The molecule has 1 aliphatic heterocycles. The molecule has 1 saturated carbocycles. The smallest absolute Gasteiger partial charge is 0.191 e. The fraction of sp³-hybridized carbons (Fsp3) is 0.650. The molecule has 1 aliphatic carbocycles. The van der Waals surface area contributed by atoms with Gasteiger partial charge in [0.25, 0.3) is 0 Å². The van der Waals surface area contributed by atoms with Gasteiger partial charge in [0, 0.05) is 32.7 Å². The lowest BCUT2D eigenvalue weighted by Gasteiger charge is -2.35. The summed E-state index contributed by atoms with van der Waals surface area (Å²) in [5.41, 5.74) is 2.68. The van der Waals surface area contributed by atoms with Crippen molar-refractivity contribution in [1.82, 2.24) is 15.5 Å². The molecule has 2 aliphatic rings. The van der Waals surface area contributed by atoms with Gasteiger partial charge in [0.15, 0.2) is 5.96 Å². The van der Waals surface area contributed by atoms with Crippen LogP contribution in [0.5, 0.6) is 0 Å². The van der Waals surface area contributed by atoms with Crippen molar-refractivity contribution >= 4 is 5.96 Å². The average Bonchev–Trinajstić information content (AvgIpc) is 3.15. The number of hydrogen-bond acceptors (Lipinski definition) is 3. The third kappa shape index (κ3) is 5.19. The lowest BCUT2D eigenvalue weighted by molar-refractivity contribution is 0.0170. The van der Waals surface area contributed by atoms with Crippen molar-refractivity contribution in [3.8, 4) is 0 Å². The number of aliphatic imine (C=N–C) groups is 1. The fourth-order valence-corrected chi connectivity index (χ4v) is 3.88. The van der Waals surface area contributed by atoms with E-state index in [1.165, 1.54) is 36.8 Å². The quantitative estimate of drug-likeness (QED) is 0.636. The van der Waals surface area contributed by atoms with Crippen molar-refractivity contribution in [2.75, 3.05) is 39.9 Å². The van der Waals surface area contributed by atoms with Crippen LogP contribution >= 0.6 is 0 Å². The second-order valence-electron chi connectivity index (χ2n) is 7.16. The third-order valence-corrected chi connectivity index (χ3v) is 5.30. The van der Waals surface area contributed by atoms with Gasteiger partial charge < -0.3 is 15.4 Å². The summed E-state index contributed by atoms with van der Waals surface area (Å²) >= 11 is 0. The van der Waals surface area contributed by atoms with Crippen molar-refractivity contribution in [1.29, 1.82) is 0 Å². The molecule has 138 valence electrons. The monoisotopic (exact) mass is 344 g/mol. The highest BCUT2D eigenvalue weighted by Gasteiger charge is 2.23. The summed E-state index contributed by atoms with van der Waals surface area (Å²) in [6, 6.07) is 9.77. The molecule has 2 N–H and O–H groups in total. The van der Waals surface area contributed by atoms with E-state index in [0.717, 1.165) is 38.8 Å². The number of rotatable bonds is 5. The average molecular weight is 345 g/mol. The summed E-state index contributed by atoms with van der Waals surface area (Å²) in [6.45, 7) is 6.61. The Morgan fingerprint density at radius 2 is 2.04 bits per heavy atom. The molecule has 1 atom stereocenters. The molecule has 1 aromatic rings. The highest BCUT2D eigenvalue weighted by atomic mass is 16.5. The van der Waals surface area contributed by atoms with Crippen LogP contribution < -0.4 is 10.6 Å². The topological polar surface area (TPSA) is 48.9 Å². The van der Waals surface area contributed by atoms with Gasteiger partial charge in [-0.25, -0.2) is 0 Å². The van der Waals surface area contributed by atoms with E-state index in [0.29, 0.717) is 12.1 Å². The molecule has 3 rings (SSSR count). The number of nitrogens with one attached hydrogen (secondary N) is 2. The summed E-state index contributed by atoms with van der Waals surface area (Å²) in [4.78, 5) is 6.95. The van der Waals surface area contributed by atoms with Crippen LogP contribution in [0.4, 0.5) is 0 Å². The van der Waals surface area contributed by atoms with Crippen LogP contribution in [0.1, 0.15) is 42.9 Å². The van der Waals surface area contributed by atoms with E-state index in [4.69, 9.17) is 4.74 Å². The summed E-state index contributed by atoms with van der Waals surface area (Å²) in [5, 5.41) is 7.15. The molecule has 1 aromatic carbocycles. The first-order valence-electron chi connectivity index (χ1n) is 9.62. The van der Waals surface area contributed by atoms with Gasteiger partial charge in [0.05, 0.1) is 19.3 Å². The zero-order valence-corrected chi connectivity index (χ0v) is 15.6. The SMILES string of the molecule is CN=C(NCC(c1cccc(C)c1)N1CCOCC1)NC1CCCC1. The van der Waals surface area contributed by atoms with Crippen molar-refractivity contribution in [2.45, 2.75) is 44.7 Å². The van der Waals surface area contributed by atoms with Gasteiger partial charge in [-0.15, -0.1) is 0 Å². The Morgan fingerprint density at radius 1 is 1.28 bits per heavy atom. The van der Waals surface area contributed by atoms with Gasteiger partial charge in [-0.3, -0.25) is 9.89 Å². The van der Waals surface area contributed by atoms with Gasteiger partial charge in [0.2, 0.25) is 0 Å². The van der Waals surface area contributed by atoms with E-state index in [1.54, 1.807) is 0 Å². The molecule has 5 nitrogen and oxygen atoms in total. The molecule has 5 heteroatoms. The van der Waals surface area contributed by atoms with E-state index in [1.807, 2.05) is 7.05 Å². The molecule has 0 spiro atoms. The van der Waals surface area contributed by atoms with Crippen LogP contribution in [0, 0.1) is 6.92 Å². The number of ether oxygens (including phenoxy) is 1. The second-order valence-corrected chi connectivity index (χ2v) is 7.16. The maximum absolute atomic E-state index is 5.55. The Hall–Kier alpha value is -1.59. The van der Waals surface area contributed by atoms with Gasteiger partial charge in [-0.1, -0.05) is 42.7 Å². The lowest BCUT2D eigenvalue weighted by Crippen LogP contribution is -2.48. The van der Waals surface area contributed by atoms with Gasteiger partial charge >= 0.3 is 0 Å². The summed E-state index contributed by atoms with van der Waals surface area (Å²) in [5.74, 6) is 0.929. The van der Waals surface area contributed by atoms with Crippen LogP contribution in [0.2, 0.25) is 0 Å². The zero-order chi connectivity index (χ0) is 17.5.